The maximum atomic E-state index is 11.8. The van der Waals surface area contributed by atoms with Crippen molar-refractivity contribution in [3.8, 4) is 0 Å². The van der Waals surface area contributed by atoms with Crippen molar-refractivity contribution in [3.63, 3.8) is 0 Å². The second kappa shape index (κ2) is 3.63. The van der Waals surface area contributed by atoms with E-state index >= 15 is 0 Å². The maximum Gasteiger partial charge on any atom is 0.256 e. The van der Waals surface area contributed by atoms with E-state index in [4.69, 9.17) is 4.42 Å². The molecule has 3 nitrogen and oxygen atoms in total. The molecule has 0 unspecified atom stereocenters. The molecule has 84 valence electrons. The van der Waals surface area contributed by atoms with Crippen molar-refractivity contribution in [1.82, 2.24) is 0 Å². The van der Waals surface area contributed by atoms with Gasteiger partial charge >= 0.3 is 0 Å². The number of furan rings is 1. The van der Waals surface area contributed by atoms with E-state index in [0.717, 1.165) is 22.6 Å². The van der Waals surface area contributed by atoms with E-state index in [9.17, 15) is 4.79 Å². The lowest BCUT2D eigenvalue weighted by Crippen LogP contribution is -2.03. The number of amides is 1. The molecule has 2 aromatic rings. The molecule has 0 saturated carbocycles. The molecule has 0 bridgehead atoms. The number of fused-ring (bicyclic) bond motifs is 1. The molecular formula is C14H11NO2. The van der Waals surface area contributed by atoms with E-state index in [1.165, 1.54) is 0 Å². The van der Waals surface area contributed by atoms with Gasteiger partial charge in [0, 0.05) is 11.3 Å². The van der Waals surface area contributed by atoms with Crippen LogP contribution >= 0.6 is 0 Å². The van der Waals surface area contributed by atoms with Crippen LogP contribution in [-0.4, -0.2) is 5.91 Å². The van der Waals surface area contributed by atoms with Crippen molar-refractivity contribution in [1.29, 1.82) is 0 Å². The number of nitrogens with one attached hydrogen (secondary N) is 1. The van der Waals surface area contributed by atoms with Gasteiger partial charge < -0.3 is 9.73 Å². The van der Waals surface area contributed by atoms with Gasteiger partial charge in [-0.15, -0.1) is 0 Å². The number of aryl methyl sites for hydroxylation is 1. The highest BCUT2D eigenvalue weighted by Gasteiger charge is 2.23. The quantitative estimate of drug-likeness (QED) is 0.758. The van der Waals surface area contributed by atoms with Gasteiger partial charge in [0.1, 0.15) is 5.76 Å². The lowest BCUT2D eigenvalue weighted by atomic mass is 10.1. The number of rotatable bonds is 1. The number of anilines is 1. The van der Waals surface area contributed by atoms with E-state index in [2.05, 4.69) is 5.32 Å². The van der Waals surface area contributed by atoms with Crippen molar-refractivity contribution in [2.45, 2.75) is 6.92 Å². The van der Waals surface area contributed by atoms with Crippen molar-refractivity contribution in [3.05, 3.63) is 53.5 Å². The van der Waals surface area contributed by atoms with Gasteiger partial charge in [0.15, 0.2) is 0 Å². The second-order valence-electron chi connectivity index (χ2n) is 4.03. The number of para-hydroxylation sites is 1. The van der Waals surface area contributed by atoms with Crippen LogP contribution in [0.4, 0.5) is 5.69 Å². The average molecular weight is 225 g/mol. The Balaban J connectivity index is 2.13. The fourth-order valence-corrected chi connectivity index (χ4v) is 1.95. The molecule has 1 amide bonds. The molecule has 1 aromatic heterocycles. The minimum Gasteiger partial charge on any atom is -0.465 e. The summed E-state index contributed by atoms with van der Waals surface area (Å²) in [6.07, 6.45) is 3.41. The van der Waals surface area contributed by atoms with Crippen molar-refractivity contribution in [2.75, 3.05) is 5.32 Å². The highest BCUT2D eigenvalue weighted by Crippen LogP contribution is 2.33. The Morgan fingerprint density at radius 2 is 2.06 bits per heavy atom. The zero-order valence-electron chi connectivity index (χ0n) is 9.36. The summed E-state index contributed by atoms with van der Waals surface area (Å²) in [4.78, 5) is 11.8. The fourth-order valence-electron chi connectivity index (χ4n) is 1.95. The molecule has 1 aliphatic rings. The van der Waals surface area contributed by atoms with Crippen LogP contribution in [0.3, 0.4) is 0 Å². The van der Waals surface area contributed by atoms with E-state index < -0.39 is 0 Å². The third-order valence-corrected chi connectivity index (χ3v) is 2.89. The molecule has 3 rings (SSSR count). The average Bonchev–Trinajstić information content (AvgIpc) is 2.85. The smallest absolute Gasteiger partial charge is 0.256 e. The normalized spacial score (nSPS) is 16.1. The fraction of sp³-hybridized carbons (Fsp3) is 0.0714. The lowest BCUT2D eigenvalue weighted by molar-refractivity contribution is -0.110. The van der Waals surface area contributed by atoms with Crippen LogP contribution in [0, 0.1) is 6.92 Å². The zero-order valence-corrected chi connectivity index (χ0v) is 9.36. The van der Waals surface area contributed by atoms with E-state index in [1.54, 1.807) is 12.3 Å². The van der Waals surface area contributed by atoms with Crippen molar-refractivity contribution < 1.29 is 9.21 Å². The summed E-state index contributed by atoms with van der Waals surface area (Å²) in [7, 11) is 0. The zero-order chi connectivity index (χ0) is 11.8. The first kappa shape index (κ1) is 9.90. The molecule has 0 radical (unpaired) electrons. The summed E-state index contributed by atoms with van der Waals surface area (Å²) in [5.74, 6) is 0.647. The summed E-state index contributed by atoms with van der Waals surface area (Å²) in [5, 5.41) is 2.83. The van der Waals surface area contributed by atoms with Gasteiger partial charge in [-0.1, -0.05) is 18.2 Å². The summed E-state index contributed by atoms with van der Waals surface area (Å²) in [6, 6.07) is 9.52. The minimum atomic E-state index is -0.0815. The molecule has 1 aliphatic heterocycles. The third kappa shape index (κ3) is 1.56. The topological polar surface area (TPSA) is 42.2 Å². The molecule has 17 heavy (non-hydrogen) atoms. The van der Waals surface area contributed by atoms with Gasteiger partial charge in [-0.05, 0) is 30.7 Å². The highest BCUT2D eigenvalue weighted by molar-refractivity contribution is 6.34. The molecule has 0 aliphatic carbocycles. The van der Waals surface area contributed by atoms with Crippen molar-refractivity contribution >= 4 is 23.2 Å². The Labute approximate surface area is 98.8 Å². The van der Waals surface area contributed by atoms with Crippen LogP contribution in [0.2, 0.25) is 0 Å². The molecule has 1 aromatic carbocycles. The first-order chi connectivity index (χ1) is 8.25. The Kier molecular flexibility index (Phi) is 2.11. The first-order valence-electron chi connectivity index (χ1n) is 5.42. The second-order valence-corrected chi connectivity index (χ2v) is 4.03. The Hall–Kier alpha value is -2.29. The van der Waals surface area contributed by atoms with Crippen LogP contribution in [0.5, 0.6) is 0 Å². The van der Waals surface area contributed by atoms with E-state index in [0.29, 0.717) is 5.57 Å². The molecular weight excluding hydrogens is 214 g/mol. The van der Waals surface area contributed by atoms with Gasteiger partial charge in [0.25, 0.3) is 5.91 Å². The Morgan fingerprint density at radius 3 is 2.82 bits per heavy atom. The largest absolute Gasteiger partial charge is 0.465 e. The van der Waals surface area contributed by atoms with Crippen LogP contribution in [0.1, 0.15) is 16.9 Å². The van der Waals surface area contributed by atoms with Gasteiger partial charge in [0.05, 0.1) is 11.8 Å². The van der Waals surface area contributed by atoms with Gasteiger partial charge in [-0.25, -0.2) is 0 Å². The van der Waals surface area contributed by atoms with Gasteiger partial charge in [0.2, 0.25) is 0 Å². The standard InChI is InChI=1S/C14H11NO2/c1-9-6-7-17-13(9)8-11-10-4-2-3-5-12(10)15-14(11)16/h2-8H,1H3,(H,15,16)/b11-8+. The number of carbonyl (C=O) groups excluding carboxylic acids is 1. The molecule has 3 heteroatoms. The summed E-state index contributed by atoms with van der Waals surface area (Å²) in [5.41, 5.74) is 3.45. The van der Waals surface area contributed by atoms with Crippen LogP contribution in [0.15, 0.2) is 41.0 Å². The van der Waals surface area contributed by atoms with Crippen LogP contribution < -0.4 is 5.32 Å². The predicted molar refractivity (Wildman–Crippen MR) is 66.4 cm³/mol. The van der Waals surface area contributed by atoms with Crippen LogP contribution in [-0.2, 0) is 4.79 Å². The number of hydrogen-bond donors (Lipinski definition) is 1. The van der Waals surface area contributed by atoms with Crippen molar-refractivity contribution in [2.24, 2.45) is 0 Å². The van der Waals surface area contributed by atoms with Gasteiger partial charge in [-0.3, -0.25) is 4.79 Å². The molecule has 2 heterocycles. The van der Waals surface area contributed by atoms with Crippen LogP contribution in [0.25, 0.3) is 11.6 Å². The SMILES string of the molecule is Cc1ccoc1/C=C1/C(=O)Nc2ccccc21. The minimum absolute atomic E-state index is 0.0815. The summed E-state index contributed by atoms with van der Waals surface area (Å²) >= 11 is 0. The number of hydrogen-bond acceptors (Lipinski definition) is 2. The Bertz CT molecular complexity index is 623. The number of carbonyl (C=O) groups is 1. The molecule has 1 N–H and O–H groups in total. The van der Waals surface area contributed by atoms with E-state index in [1.807, 2.05) is 37.3 Å². The first-order valence-corrected chi connectivity index (χ1v) is 5.42. The monoisotopic (exact) mass is 225 g/mol. The molecule has 0 atom stereocenters. The molecule has 0 saturated heterocycles. The maximum absolute atomic E-state index is 11.8. The summed E-state index contributed by atoms with van der Waals surface area (Å²) in [6.45, 7) is 1.95. The molecule has 0 fully saturated rings. The van der Waals surface area contributed by atoms with Gasteiger partial charge in [-0.2, -0.15) is 0 Å². The number of benzene rings is 1. The highest BCUT2D eigenvalue weighted by atomic mass is 16.3. The molecule has 0 spiro atoms. The Morgan fingerprint density at radius 1 is 1.24 bits per heavy atom. The van der Waals surface area contributed by atoms with E-state index in [-0.39, 0.29) is 5.91 Å². The summed E-state index contributed by atoms with van der Waals surface area (Å²) < 4.78 is 5.33. The predicted octanol–water partition coefficient (Wildman–Crippen LogP) is 3.08. The lowest BCUT2D eigenvalue weighted by Gasteiger charge is -1.96. The third-order valence-electron chi connectivity index (χ3n) is 2.89.